The number of nitrogens with one attached hydrogen (secondary N) is 1. The van der Waals surface area contributed by atoms with Crippen LogP contribution in [0.3, 0.4) is 0 Å². The van der Waals surface area contributed by atoms with Gasteiger partial charge in [0.1, 0.15) is 11.2 Å². The first-order valence-electron chi connectivity index (χ1n) is 15.1. The minimum absolute atomic E-state index is 0.606. The van der Waals surface area contributed by atoms with Crippen LogP contribution in [0.15, 0.2) is 138 Å². The van der Waals surface area contributed by atoms with Gasteiger partial charge in [-0.05, 0) is 46.2 Å². The summed E-state index contributed by atoms with van der Waals surface area (Å²) >= 11 is 0. The van der Waals surface area contributed by atoms with Crippen molar-refractivity contribution in [3.63, 3.8) is 0 Å². The van der Waals surface area contributed by atoms with E-state index >= 15 is 0 Å². The highest BCUT2D eigenvalue weighted by Crippen LogP contribution is 2.40. The molecule has 5 nitrogen and oxygen atoms in total. The molecule has 0 fully saturated rings. The Morgan fingerprint density at radius 1 is 0.511 bits per heavy atom. The van der Waals surface area contributed by atoms with Gasteiger partial charge in [-0.25, -0.2) is 15.0 Å². The van der Waals surface area contributed by atoms with E-state index in [-0.39, 0.29) is 0 Å². The fourth-order valence-electron chi connectivity index (χ4n) is 6.42. The van der Waals surface area contributed by atoms with Gasteiger partial charge in [0.15, 0.2) is 17.5 Å². The molecule has 1 N–H and O–H groups in total. The summed E-state index contributed by atoms with van der Waals surface area (Å²) < 4.78 is 6.39. The lowest BCUT2D eigenvalue weighted by Gasteiger charge is -2.14. The normalized spacial score (nSPS) is 12.4. The number of rotatable bonds is 4. The molecule has 8 aromatic rings. The molecule has 0 amide bonds. The molecule has 0 radical (unpaired) electrons. The molecule has 0 aliphatic carbocycles. The minimum Gasteiger partial charge on any atom is -0.456 e. The monoisotopic (exact) mass is 578 g/mol. The van der Waals surface area contributed by atoms with Crippen molar-refractivity contribution >= 4 is 44.5 Å². The summed E-state index contributed by atoms with van der Waals surface area (Å²) in [6.45, 7) is 0.801. The maximum Gasteiger partial charge on any atom is 0.164 e. The summed E-state index contributed by atoms with van der Waals surface area (Å²) in [5.74, 6) is 1.86. The van der Waals surface area contributed by atoms with Crippen molar-refractivity contribution < 1.29 is 4.42 Å². The molecule has 45 heavy (non-hydrogen) atoms. The summed E-state index contributed by atoms with van der Waals surface area (Å²) in [5.41, 5.74) is 8.99. The zero-order valence-corrected chi connectivity index (χ0v) is 24.2. The second-order valence-electron chi connectivity index (χ2n) is 11.2. The van der Waals surface area contributed by atoms with Crippen LogP contribution in [0.5, 0.6) is 0 Å². The first-order chi connectivity index (χ1) is 22.3. The molecule has 9 rings (SSSR count). The molecule has 0 bridgehead atoms. The van der Waals surface area contributed by atoms with Crippen LogP contribution in [-0.4, -0.2) is 21.5 Å². The van der Waals surface area contributed by atoms with Crippen LogP contribution < -0.4 is 5.32 Å². The lowest BCUT2D eigenvalue weighted by Crippen LogP contribution is -2.03. The Morgan fingerprint density at radius 2 is 1.18 bits per heavy atom. The first kappa shape index (κ1) is 25.4. The van der Waals surface area contributed by atoms with Crippen LogP contribution in [0, 0.1) is 0 Å². The molecule has 0 atom stereocenters. The Kier molecular flexibility index (Phi) is 5.81. The molecular formula is C40H26N4O. The Hall–Kier alpha value is -6.07. The van der Waals surface area contributed by atoms with E-state index in [0.717, 1.165) is 67.2 Å². The van der Waals surface area contributed by atoms with Crippen molar-refractivity contribution in [2.24, 2.45) is 0 Å². The average molecular weight is 579 g/mol. The van der Waals surface area contributed by atoms with Gasteiger partial charge in [-0.2, -0.15) is 0 Å². The van der Waals surface area contributed by atoms with Crippen LogP contribution >= 0.6 is 0 Å². The van der Waals surface area contributed by atoms with Gasteiger partial charge in [0.2, 0.25) is 0 Å². The molecule has 0 unspecified atom stereocenters. The second kappa shape index (κ2) is 10.3. The zero-order valence-electron chi connectivity index (χ0n) is 24.2. The van der Waals surface area contributed by atoms with Crippen molar-refractivity contribution in [2.75, 3.05) is 11.9 Å². The maximum absolute atomic E-state index is 6.39. The molecule has 0 saturated heterocycles. The Morgan fingerprint density at radius 3 is 1.98 bits per heavy atom. The molecule has 1 aliphatic rings. The Balaban J connectivity index is 1.30. The number of furan rings is 1. The van der Waals surface area contributed by atoms with E-state index in [1.165, 1.54) is 11.1 Å². The van der Waals surface area contributed by atoms with E-state index in [1.807, 2.05) is 48.5 Å². The van der Waals surface area contributed by atoms with Crippen molar-refractivity contribution in [1.29, 1.82) is 0 Å². The molecule has 0 spiro atoms. The quantitative estimate of drug-likeness (QED) is 0.225. The van der Waals surface area contributed by atoms with Crippen LogP contribution in [0.4, 0.5) is 5.69 Å². The molecule has 1 aliphatic heterocycles. The van der Waals surface area contributed by atoms with Crippen molar-refractivity contribution in [3.8, 4) is 45.3 Å². The standard InChI is InChI=1S/C40H26N4O/c1-3-11-25(12-4-1)28-20-21-31(30-17-8-7-16-29(28)30)39-42-38(26-13-5-2-6-14-26)43-40(44-39)32-18-9-19-35-37(32)33-24-34-27(15-10-22-41-34)23-36(33)45-35/h1-21,23-24,41H,22H2. The van der Waals surface area contributed by atoms with Gasteiger partial charge in [0.05, 0.1) is 0 Å². The summed E-state index contributed by atoms with van der Waals surface area (Å²) in [6.07, 6.45) is 4.26. The van der Waals surface area contributed by atoms with E-state index in [1.54, 1.807) is 0 Å². The van der Waals surface area contributed by atoms with Crippen LogP contribution in [0.1, 0.15) is 5.56 Å². The van der Waals surface area contributed by atoms with E-state index in [4.69, 9.17) is 19.4 Å². The molecular weight excluding hydrogens is 552 g/mol. The van der Waals surface area contributed by atoms with E-state index in [0.29, 0.717) is 17.5 Å². The van der Waals surface area contributed by atoms with Gasteiger partial charge in [0, 0.05) is 45.3 Å². The van der Waals surface area contributed by atoms with Gasteiger partial charge in [-0.15, -0.1) is 0 Å². The number of hydrogen-bond donors (Lipinski definition) is 1. The number of fused-ring (bicyclic) bond motifs is 5. The van der Waals surface area contributed by atoms with Crippen LogP contribution in [-0.2, 0) is 0 Å². The van der Waals surface area contributed by atoms with Crippen molar-refractivity contribution in [1.82, 2.24) is 15.0 Å². The third kappa shape index (κ3) is 4.28. The predicted molar refractivity (Wildman–Crippen MR) is 184 cm³/mol. The van der Waals surface area contributed by atoms with E-state index < -0.39 is 0 Å². The highest BCUT2D eigenvalue weighted by atomic mass is 16.3. The second-order valence-corrected chi connectivity index (χ2v) is 11.2. The third-order valence-electron chi connectivity index (χ3n) is 8.53. The average Bonchev–Trinajstić information content (AvgIpc) is 3.48. The van der Waals surface area contributed by atoms with Crippen molar-refractivity contribution in [2.45, 2.75) is 0 Å². The van der Waals surface area contributed by atoms with E-state index in [9.17, 15) is 0 Å². The highest BCUT2D eigenvalue weighted by molar-refractivity contribution is 6.13. The lowest BCUT2D eigenvalue weighted by molar-refractivity contribution is 0.669. The summed E-state index contributed by atoms with van der Waals surface area (Å²) in [7, 11) is 0. The third-order valence-corrected chi connectivity index (χ3v) is 8.53. The van der Waals surface area contributed by atoms with Crippen molar-refractivity contribution in [3.05, 3.63) is 139 Å². The van der Waals surface area contributed by atoms with Gasteiger partial charge < -0.3 is 9.73 Å². The topological polar surface area (TPSA) is 63.8 Å². The zero-order chi connectivity index (χ0) is 29.7. The number of benzene rings is 6. The van der Waals surface area contributed by atoms with Crippen LogP contribution in [0.2, 0.25) is 0 Å². The molecule has 2 aromatic heterocycles. The SMILES string of the molecule is C1=Cc2cc3oc4cccc(-c5nc(-c6ccccc6)nc(-c6ccc(-c7ccccc7)c7ccccc67)n5)c4c3cc2NC1. The predicted octanol–water partition coefficient (Wildman–Crippen LogP) is 10.0. The fraction of sp³-hybridized carbons (Fsp3) is 0.0250. The summed E-state index contributed by atoms with van der Waals surface area (Å²) in [5, 5.41) is 7.76. The lowest BCUT2D eigenvalue weighted by atomic mass is 9.94. The smallest absolute Gasteiger partial charge is 0.164 e. The van der Waals surface area contributed by atoms with E-state index in [2.05, 4.69) is 96.3 Å². The minimum atomic E-state index is 0.606. The van der Waals surface area contributed by atoms with Gasteiger partial charge in [-0.3, -0.25) is 0 Å². The molecule has 6 aromatic carbocycles. The molecule has 212 valence electrons. The summed E-state index contributed by atoms with van der Waals surface area (Å²) in [4.78, 5) is 15.3. The van der Waals surface area contributed by atoms with Gasteiger partial charge in [0.25, 0.3) is 0 Å². The molecule has 3 heterocycles. The number of hydrogen-bond acceptors (Lipinski definition) is 5. The number of aromatic nitrogens is 3. The maximum atomic E-state index is 6.39. The number of anilines is 1. The summed E-state index contributed by atoms with van der Waals surface area (Å²) in [6, 6.07) is 43.8. The largest absolute Gasteiger partial charge is 0.456 e. The first-order valence-corrected chi connectivity index (χ1v) is 15.1. The van der Waals surface area contributed by atoms with Crippen LogP contribution in [0.25, 0.3) is 84.1 Å². The molecule has 0 saturated carbocycles. The molecule has 5 heteroatoms. The number of nitrogens with zero attached hydrogens (tertiary/aromatic N) is 3. The highest BCUT2D eigenvalue weighted by Gasteiger charge is 2.20. The van der Waals surface area contributed by atoms with Gasteiger partial charge >= 0.3 is 0 Å². The van der Waals surface area contributed by atoms with Gasteiger partial charge in [-0.1, -0.05) is 115 Å². The Labute approximate surface area is 259 Å². The fourth-order valence-corrected chi connectivity index (χ4v) is 6.42. The Bertz CT molecular complexity index is 2430.